The van der Waals surface area contributed by atoms with Crippen LogP contribution >= 0.6 is 23.1 Å². The number of primary amides is 1. The quantitative estimate of drug-likeness (QED) is 0.471. The van der Waals surface area contributed by atoms with Gasteiger partial charge in [-0.25, -0.2) is 4.39 Å². The Kier molecular flexibility index (Phi) is 6.82. The monoisotopic (exact) mass is 488 g/mol. The van der Waals surface area contributed by atoms with Crippen molar-refractivity contribution in [1.82, 2.24) is 19.7 Å². The molecule has 2 heterocycles. The standard InChI is InChI=1S/C22H25FN6O2S2/c1-12(28(2)3)20-26-27-22(29(20)14-9-7-13(23)8-10-14)32-11-17(30)25-21-18(19(24)31)15-5-4-6-16(15)33-21/h7-10,12H,4-6,11H2,1-3H3,(H2,24,31)(H,25,30)/t12-/m0/s1. The summed E-state index contributed by atoms with van der Waals surface area (Å²) in [4.78, 5) is 27.8. The topological polar surface area (TPSA) is 106 Å². The van der Waals surface area contributed by atoms with E-state index in [0.717, 1.165) is 29.7 Å². The van der Waals surface area contributed by atoms with E-state index in [0.29, 0.717) is 27.2 Å². The zero-order chi connectivity index (χ0) is 23.7. The van der Waals surface area contributed by atoms with E-state index in [1.165, 1.54) is 35.2 Å². The van der Waals surface area contributed by atoms with E-state index < -0.39 is 5.91 Å². The lowest BCUT2D eigenvalue weighted by Crippen LogP contribution is -2.21. The van der Waals surface area contributed by atoms with Crippen molar-refractivity contribution in [1.29, 1.82) is 0 Å². The molecular formula is C22H25FN6O2S2. The summed E-state index contributed by atoms with van der Waals surface area (Å²) in [6, 6.07) is 6.00. The van der Waals surface area contributed by atoms with Crippen molar-refractivity contribution in [2.24, 2.45) is 5.73 Å². The van der Waals surface area contributed by atoms with E-state index in [2.05, 4.69) is 15.5 Å². The number of aromatic nitrogens is 3. The van der Waals surface area contributed by atoms with Gasteiger partial charge < -0.3 is 11.1 Å². The van der Waals surface area contributed by atoms with Crippen LogP contribution < -0.4 is 11.1 Å². The minimum absolute atomic E-state index is 0.0580. The second kappa shape index (κ2) is 9.62. The highest BCUT2D eigenvalue weighted by atomic mass is 32.2. The SMILES string of the molecule is C[C@@H](c1nnc(SCC(=O)Nc2sc3c(c2C(N)=O)CCC3)n1-c1ccc(F)cc1)N(C)C. The molecule has 0 saturated heterocycles. The summed E-state index contributed by atoms with van der Waals surface area (Å²) in [6.07, 6.45) is 2.71. The molecule has 2 amide bonds. The Morgan fingerprint density at radius 1 is 1.27 bits per heavy atom. The maximum Gasteiger partial charge on any atom is 0.251 e. The molecule has 1 atom stereocenters. The van der Waals surface area contributed by atoms with Crippen LogP contribution in [0.2, 0.25) is 0 Å². The van der Waals surface area contributed by atoms with Gasteiger partial charge in [-0.05, 0) is 70.1 Å². The Morgan fingerprint density at radius 2 is 2.00 bits per heavy atom. The zero-order valence-corrected chi connectivity index (χ0v) is 20.2. The number of carbonyl (C=O) groups is 2. The van der Waals surface area contributed by atoms with Crippen molar-refractivity contribution in [2.45, 2.75) is 37.4 Å². The average molecular weight is 489 g/mol. The molecule has 0 fully saturated rings. The van der Waals surface area contributed by atoms with Gasteiger partial charge in [-0.15, -0.1) is 21.5 Å². The van der Waals surface area contributed by atoms with Gasteiger partial charge in [-0.1, -0.05) is 11.8 Å². The second-order valence-electron chi connectivity index (χ2n) is 8.05. The number of hydrogen-bond donors (Lipinski definition) is 2. The fourth-order valence-corrected chi connectivity index (χ4v) is 5.82. The number of nitrogens with one attached hydrogen (secondary N) is 1. The molecule has 0 spiro atoms. The smallest absolute Gasteiger partial charge is 0.251 e. The minimum Gasteiger partial charge on any atom is -0.365 e. The lowest BCUT2D eigenvalue weighted by Gasteiger charge is -2.20. The summed E-state index contributed by atoms with van der Waals surface area (Å²) >= 11 is 2.65. The Bertz CT molecular complexity index is 1190. The number of thioether (sulfide) groups is 1. The van der Waals surface area contributed by atoms with Gasteiger partial charge in [0.2, 0.25) is 5.91 Å². The first-order valence-electron chi connectivity index (χ1n) is 10.5. The zero-order valence-electron chi connectivity index (χ0n) is 18.6. The van der Waals surface area contributed by atoms with E-state index in [-0.39, 0.29) is 23.5 Å². The van der Waals surface area contributed by atoms with Gasteiger partial charge in [0, 0.05) is 10.6 Å². The van der Waals surface area contributed by atoms with Crippen LogP contribution in [-0.4, -0.2) is 51.3 Å². The molecule has 3 aromatic rings. The number of aryl methyl sites for hydroxylation is 1. The number of hydrogen-bond acceptors (Lipinski definition) is 7. The molecule has 1 aromatic carbocycles. The summed E-state index contributed by atoms with van der Waals surface area (Å²) in [7, 11) is 3.87. The molecule has 1 aliphatic carbocycles. The van der Waals surface area contributed by atoms with Gasteiger partial charge in [0.1, 0.15) is 10.8 Å². The molecule has 0 unspecified atom stereocenters. The van der Waals surface area contributed by atoms with Crippen molar-refractivity contribution >= 4 is 39.9 Å². The van der Waals surface area contributed by atoms with Crippen LogP contribution in [-0.2, 0) is 17.6 Å². The Labute approximate surface area is 199 Å². The summed E-state index contributed by atoms with van der Waals surface area (Å²) < 4.78 is 15.3. The molecule has 1 aliphatic rings. The lowest BCUT2D eigenvalue weighted by molar-refractivity contribution is -0.113. The number of anilines is 1. The number of thiophene rings is 1. The molecule has 8 nitrogen and oxygen atoms in total. The maximum atomic E-state index is 13.5. The number of carbonyl (C=O) groups excluding carboxylic acids is 2. The van der Waals surface area contributed by atoms with Crippen molar-refractivity contribution < 1.29 is 14.0 Å². The van der Waals surface area contributed by atoms with Gasteiger partial charge in [0.15, 0.2) is 11.0 Å². The Hall–Kier alpha value is -2.76. The predicted octanol–water partition coefficient (Wildman–Crippen LogP) is 3.41. The van der Waals surface area contributed by atoms with Gasteiger partial charge in [-0.2, -0.15) is 0 Å². The number of benzene rings is 1. The molecule has 0 radical (unpaired) electrons. The molecule has 3 N–H and O–H groups in total. The first-order chi connectivity index (χ1) is 15.8. The summed E-state index contributed by atoms with van der Waals surface area (Å²) in [6.45, 7) is 1.99. The number of rotatable bonds is 8. The van der Waals surface area contributed by atoms with Crippen LogP contribution in [0.1, 0.15) is 46.0 Å². The molecule has 0 bridgehead atoms. The molecule has 174 valence electrons. The van der Waals surface area contributed by atoms with Crippen molar-refractivity contribution in [2.75, 3.05) is 25.2 Å². The summed E-state index contributed by atoms with van der Waals surface area (Å²) in [5, 5.41) is 12.5. The summed E-state index contributed by atoms with van der Waals surface area (Å²) in [5.41, 5.74) is 7.69. The van der Waals surface area contributed by atoms with Gasteiger partial charge in [0.05, 0.1) is 17.4 Å². The van der Waals surface area contributed by atoms with Crippen LogP contribution in [0.5, 0.6) is 0 Å². The molecule has 0 aliphatic heterocycles. The fraction of sp³-hybridized carbons (Fsp3) is 0.364. The third-order valence-corrected chi connectivity index (χ3v) is 7.78. The number of fused-ring (bicyclic) bond motifs is 1. The molecule has 4 rings (SSSR count). The van der Waals surface area contributed by atoms with Crippen LogP contribution in [0.15, 0.2) is 29.4 Å². The van der Waals surface area contributed by atoms with Gasteiger partial charge in [0.25, 0.3) is 5.91 Å². The first kappa shape index (κ1) is 23.4. The third kappa shape index (κ3) is 4.80. The summed E-state index contributed by atoms with van der Waals surface area (Å²) in [5.74, 6) is -0.374. The maximum absolute atomic E-state index is 13.5. The fourth-order valence-electron chi connectivity index (χ4n) is 3.75. The molecule has 33 heavy (non-hydrogen) atoms. The number of nitrogens with two attached hydrogens (primary N) is 1. The second-order valence-corrected chi connectivity index (χ2v) is 10.1. The van der Waals surface area contributed by atoms with Crippen molar-refractivity contribution in [3.63, 3.8) is 0 Å². The highest BCUT2D eigenvalue weighted by Crippen LogP contribution is 2.39. The predicted molar refractivity (Wildman–Crippen MR) is 128 cm³/mol. The normalized spacial score (nSPS) is 13.8. The molecule has 2 aromatic heterocycles. The van der Waals surface area contributed by atoms with Crippen molar-refractivity contribution in [3.05, 3.63) is 51.9 Å². The minimum atomic E-state index is -0.518. The molecular weight excluding hydrogens is 463 g/mol. The van der Waals surface area contributed by atoms with Crippen LogP contribution in [0.25, 0.3) is 5.69 Å². The van der Waals surface area contributed by atoms with Crippen LogP contribution in [0.4, 0.5) is 9.39 Å². The van der Waals surface area contributed by atoms with E-state index in [9.17, 15) is 14.0 Å². The van der Waals surface area contributed by atoms with E-state index in [1.807, 2.05) is 30.5 Å². The average Bonchev–Trinajstić information content (AvgIpc) is 3.46. The Balaban J connectivity index is 1.55. The highest BCUT2D eigenvalue weighted by Gasteiger charge is 2.27. The van der Waals surface area contributed by atoms with Crippen molar-refractivity contribution in [3.8, 4) is 5.69 Å². The van der Waals surface area contributed by atoms with E-state index in [4.69, 9.17) is 5.73 Å². The first-order valence-corrected chi connectivity index (χ1v) is 12.3. The highest BCUT2D eigenvalue weighted by molar-refractivity contribution is 7.99. The molecule has 11 heteroatoms. The number of nitrogens with zero attached hydrogens (tertiary/aromatic N) is 4. The van der Waals surface area contributed by atoms with E-state index >= 15 is 0 Å². The van der Waals surface area contributed by atoms with Gasteiger partial charge in [-0.3, -0.25) is 19.1 Å². The Morgan fingerprint density at radius 3 is 2.67 bits per heavy atom. The number of halogens is 1. The van der Waals surface area contributed by atoms with Crippen LogP contribution in [0, 0.1) is 5.82 Å². The largest absolute Gasteiger partial charge is 0.365 e. The third-order valence-electron chi connectivity index (χ3n) is 5.64. The van der Waals surface area contributed by atoms with Gasteiger partial charge >= 0.3 is 0 Å². The lowest BCUT2D eigenvalue weighted by atomic mass is 10.1. The number of amides is 2. The molecule has 0 saturated carbocycles. The van der Waals surface area contributed by atoms with Crippen LogP contribution in [0.3, 0.4) is 0 Å². The van der Waals surface area contributed by atoms with E-state index in [1.54, 1.807) is 12.1 Å².